The molecule has 0 saturated heterocycles. The molecule has 6 heteroatoms. The summed E-state index contributed by atoms with van der Waals surface area (Å²) >= 11 is 11.5. The summed E-state index contributed by atoms with van der Waals surface area (Å²) in [4.78, 5) is 0. The maximum absolute atomic E-state index is 5.76. The van der Waals surface area contributed by atoms with E-state index < -0.39 is 10.5 Å². The first kappa shape index (κ1) is 27.0. The van der Waals surface area contributed by atoms with Crippen LogP contribution in [0.4, 0.5) is 0 Å². The van der Waals surface area contributed by atoms with Gasteiger partial charge in [0.05, 0.1) is 0 Å². The predicted octanol–water partition coefficient (Wildman–Crippen LogP) is 10.0. The maximum Gasteiger partial charge on any atom is 0.181 e. The highest BCUT2D eigenvalue weighted by atomic mass is 32.9. The van der Waals surface area contributed by atoms with Gasteiger partial charge in [-0.25, -0.2) is 0 Å². The average Bonchev–Trinajstić information content (AvgIpc) is 2.85. The summed E-state index contributed by atoms with van der Waals surface area (Å²) in [5.74, 6) is 0. The quantitative estimate of drug-likeness (QED) is 0.175. The summed E-state index contributed by atoms with van der Waals surface area (Å²) in [5, 5.41) is -0.633. The first-order valence-electron chi connectivity index (χ1n) is 14.2. The zero-order valence-electron chi connectivity index (χ0n) is 20.5. The first-order chi connectivity index (χ1) is 15.6. The largest absolute Gasteiger partial charge is 0.181 e. The van der Waals surface area contributed by atoms with Crippen molar-refractivity contribution in [3.05, 3.63) is 0 Å². The molecular weight excluding hydrogens is 503 g/mol. The Morgan fingerprint density at radius 1 is 0.438 bits per heavy atom. The van der Waals surface area contributed by atoms with E-state index in [2.05, 4.69) is 21.9 Å². The Balaban J connectivity index is 1.56. The lowest BCUT2D eigenvalue weighted by atomic mass is 10.0. The molecule has 0 aromatic rings. The van der Waals surface area contributed by atoms with Gasteiger partial charge in [0.15, 0.2) is 42.9 Å². The van der Waals surface area contributed by atoms with Gasteiger partial charge in [-0.2, -0.15) is 0 Å². The molecule has 0 radical (unpaired) electrons. The third-order valence-electron chi connectivity index (χ3n) is 8.80. The van der Waals surface area contributed by atoms with E-state index in [-0.39, 0.29) is 0 Å². The van der Waals surface area contributed by atoms with Crippen molar-refractivity contribution in [2.24, 2.45) is 0 Å². The molecule has 2 atom stereocenters. The van der Waals surface area contributed by atoms with Crippen molar-refractivity contribution in [3.8, 4) is 0 Å². The van der Waals surface area contributed by atoms with Crippen LogP contribution in [0.25, 0.3) is 0 Å². The van der Waals surface area contributed by atoms with Crippen LogP contribution in [0.5, 0.6) is 0 Å². The van der Waals surface area contributed by atoms with Gasteiger partial charge < -0.3 is 0 Å². The maximum atomic E-state index is 5.76. The molecule has 0 aliphatic heterocycles. The number of thiol groups is 2. The number of rotatable bonds is 7. The minimum Gasteiger partial charge on any atom is -0.0970 e. The van der Waals surface area contributed by atoms with Crippen molar-refractivity contribution in [2.75, 3.05) is 12.3 Å². The van der Waals surface area contributed by atoms with Crippen molar-refractivity contribution in [1.29, 1.82) is 0 Å². The predicted molar refractivity (Wildman–Crippen MR) is 164 cm³/mol. The molecule has 0 spiro atoms. The van der Waals surface area contributed by atoms with E-state index in [9.17, 15) is 0 Å². The summed E-state index contributed by atoms with van der Waals surface area (Å²) in [6.45, 7) is 0. The molecule has 2 unspecified atom stereocenters. The second kappa shape index (κ2) is 13.5. The zero-order chi connectivity index (χ0) is 22.3. The summed E-state index contributed by atoms with van der Waals surface area (Å²) in [6, 6.07) is 0. The summed E-state index contributed by atoms with van der Waals surface area (Å²) in [7, 11) is 4.92. The topological polar surface area (TPSA) is 0 Å². The van der Waals surface area contributed by atoms with E-state index in [0.29, 0.717) is 0 Å². The van der Waals surface area contributed by atoms with Crippen molar-refractivity contribution in [3.63, 3.8) is 0 Å². The molecule has 4 aliphatic rings. The minimum atomic E-state index is -1.24. The molecule has 0 aromatic carbocycles. The molecule has 0 aromatic heterocycles. The van der Waals surface area contributed by atoms with Crippen LogP contribution in [0, 0.1) is 0 Å². The standard InChI is InChI=1S/C26H50P2S4/c29-27(23-13-5-1-6-14-23,31-25-17-9-3-10-18-25)21-22-28(30,24-15-7-2-8-16-24)32-26-19-11-4-12-20-26/h23-26,29-30H,1-22H2/q+2. The fourth-order valence-corrected chi connectivity index (χ4v) is 29.0. The average molecular weight is 553 g/mol. The highest BCUT2D eigenvalue weighted by Crippen LogP contribution is 2.68. The minimum absolute atomic E-state index is 0.921. The Bertz CT molecular complexity index is 609. The Kier molecular flexibility index (Phi) is 11.4. The van der Waals surface area contributed by atoms with Crippen LogP contribution in [0.15, 0.2) is 0 Å². The van der Waals surface area contributed by atoms with Crippen LogP contribution >= 0.6 is 35.0 Å². The fourth-order valence-electron chi connectivity index (χ4n) is 6.76. The van der Waals surface area contributed by atoms with E-state index >= 15 is 0 Å². The molecule has 0 N–H and O–H groups in total. The van der Waals surface area contributed by atoms with E-state index in [1.807, 2.05) is 0 Å². The van der Waals surface area contributed by atoms with Crippen LogP contribution in [0.2, 0.25) is 0 Å². The lowest BCUT2D eigenvalue weighted by Gasteiger charge is -2.30. The second-order valence-corrected chi connectivity index (χ2v) is 29.5. The summed E-state index contributed by atoms with van der Waals surface area (Å²) < 4.78 is 0. The molecule has 0 nitrogen and oxygen atoms in total. The molecule has 4 fully saturated rings. The van der Waals surface area contributed by atoms with Crippen LogP contribution in [0.3, 0.4) is 0 Å². The third-order valence-corrected chi connectivity index (χ3v) is 28.2. The Labute approximate surface area is 218 Å². The molecular formula is C26H50P2S4+2. The monoisotopic (exact) mass is 552 g/mol. The molecule has 186 valence electrons. The summed E-state index contributed by atoms with van der Waals surface area (Å²) in [6.07, 6.45) is 32.4. The molecule has 4 aliphatic carbocycles. The van der Waals surface area contributed by atoms with Crippen LogP contribution < -0.4 is 0 Å². The van der Waals surface area contributed by atoms with Gasteiger partial charge in [-0.15, -0.1) is 0 Å². The Hall–Kier alpha value is 2.00. The van der Waals surface area contributed by atoms with Gasteiger partial charge >= 0.3 is 0 Å². The molecule has 0 heterocycles. The van der Waals surface area contributed by atoms with Crippen LogP contribution in [0.1, 0.15) is 128 Å². The highest BCUT2D eigenvalue weighted by Gasteiger charge is 2.44. The highest BCUT2D eigenvalue weighted by molar-refractivity contribution is 8.68. The molecule has 4 saturated carbocycles. The van der Waals surface area contributed by atoms with Gasteiger partial charge in [-0.1, -0.05) is 75.9 Å². The lowest BCUT2D eigenvalue weighted by molar-refractivity contribution is 0.510. The van der Waals surface area contributed by atoms with E-state index in [4.69, 9.17) is 24.5 Å². The SMILES string of the molecule is SP(CCP(S)(=[S+]C1CCCCC1)C1CCCCC1)(=[S+]C1CCCCC1)C1CCCCC1. The van der Waals surface area contributed by atoms with Gasteiger partial charge in [-0.3, -0.25) is 0 Å². The van der Waals surface area contributed by atoms with Crippen molar-refractivity contribution >= 4 is 56.9 Å². The van der Waals surface area contributed by atoms with Crippen molar-refractivity contribution in [2.45, 2.75) is 150 Å². The fraction of sp³-hybridized carbons (Fsp3) is 1.00. The van der Waals surface area contributed by atoms with Gasteiger partial charge in [-0.05, 0) is 51.4 Å². The van der Waals surface area contributed by atoms with E-state index in [1.54, 1.807) is 0 Å². The van der Waals surface area contributed by atoms with E-state index in [0.717, 1.165) is 21.8 Å². The lowest BCUT2D eigenvalue weighted by Crippen LogP contribution is -2.21. The van der Waals surface area contributed by atoms with Crippen LogP contribution in [-0.2, 0) is 21.9 Å². The Morgan fingerprint density at radius 2 is 0.719 bits per heavy atom. The molecule has 0 amide bonds. The normalized spacial score (nSPS) is 29.2. The summed E-state index contributed by atoms with van der Waals surface area (Å²) in [5.41, 5.74) is 1.89. The molecule has 32 heavy (non-hydrogen) atoms. The van der Waals surface area contributed by atoms with Gasteiger partial charge in [0.1, 0.15) is 0 Å². The molecule has 4 rings (SSSR count). The smallest absolute Gasteiger partial charge is 0.0970 e. The van der Waals surface area contributed by atoms with Gasteiger partial charge in [0, 0.05) is 49.3 Å². The first-order valence-corrected chi connectivity index (χ1v) is 23.5. The Morgan fingerprint density at radius 3 is 1.03 bits per heavy atom. The third kappa shape index (κ3) is 7.75. The van der Waals surface area contributed by atoms with Crippen molar-refractivity contribution in [1.82, 2.24) is 0 Å². The zero-order valence-corrected chi connectivity index (χ0v) is 25.7. The van der Waals surface area contributed by atoms with Crippen LogP contribution in [-0.4, -0.2) is 34.1 Å². The van der Waals surface area contributed by atoms with E-state index in [1.165, 1.54) is 141 Å². The number of hydrogen-bond donors (Lipinski definition) is 2. The van der Waals surface area contributed by atoms with Gasteiger partial charge in [0.25, 0.3) is 0 Å². The second-order valence-electron chi connectivity index (χ2n) is 11.3. The van der Waals surface area contributed by atoms with Gasteiger partial charge in [0.2, 0.25) is 0 Å². The number of hydrogen-bond acceptors (Lipinski definition) is 0. The molecule has 0 bridgehead atoms. The van der Waals surface area contributed by atoms with Crippen molar-refractivity contribution < 1.29 is 0 Å².